The number of benzene rings is 3. The zero-order chi connectivity index (χ0) is 19.7. The molecule has 0 atom stereocenters. The van der Waals surface area contributed by atoms with Crippen molar-refractivity contribution < 1.29 is 4.79 Å². The summed E-state index contributed by atoms with van der Waals surface area (Å²) < 4.78 is 1.97. The minimum absolute atomic E-state index is 0.219. The average molecular weight is 492 g/mol. The number of carbonyl (C=O) groups excluding carboxylic acids is 1. The van der Waals surface area contributed by atoms with Gasteiger partial charge in [-0.2, -0.15) is 0 Å². The van der Waals surface area contributed by atoms with E-state index in [0.29, 0.717) is 27.3 Å². The highest BCUT2D eigenvalue weighted by molar-refractivity contribution is 9.10. The molecule has 0 radical (unpaired) electrons. The SMILES string of the molecule is O=C(c1ccc(Cl)cc1Cl)N(Cc1ccccc1)c1nc2ccc(Br)cc2s1. The Hall–Kier alpha value is -1.92. The van der Waals surface area contributed by atoms with Crippen molar-refractivity contribution in [3.05, 3.63) is 92.4 Å². The van der Waals surface area contributed by atoms with Crippen molar-refractivity contribution in [3.63, 3.8) is 0 Å². The molecule has 0 aliphatic heterocycles. The third kappa shape index (κ3) is 4.08. The number of hydrogen-bond acceptors (Lipinski definition) is 3. The summed E-state index contributed by atoms with van der Waals surface area (Å²) in [5, 5.41) is 1.42. The van der Waals surface area contributed by atoms with E-state index < -0.39 is 0 Å². The molecule has 7 heteroatoms. The number of amides is 1. The van der Waals surface area contributed by atoms with Gasteiger partial charge in [-0.3, -0.25) is 9.69 Å². The lowest BCUT2D eigenvalue weighted by atomic mass is 10.1. The summed E-state index contributed by atoms with van der Waals surface area (Å²) in [6.45, 7) is 0.389. The van der Waals surface area contributed by atoms with Crippen LogP contribution in [0.3, 0.4) is 0 Å². The Morgan fingerprint density at radius 2 is 1.82 bits per heavy atom. The van der Waals surface area contributed by atoms with Gasteiger partial charge in [0.25, 0.3) is 5.91 Å². The molecule has 0 saturated carbocycles. The van der Waals surface area contributed by atoms with Crippen LogP contribution in [-0.4, -0.2) is 10.9 Å². The van der Waals surface area contributed by atoms with Gasteiger partial charge in [0.1, 0.15) is 0 Å². The molecule has 0 unspecified atom stereocenters. The molecule has 3 aromatic carbocycles. The Bertz CT molecular complexity index is 1160. The molecule has 0 N–H and O–H groups in total. The first kappa shape index (κ1) is 19.4. The van der Waals surface area contributed by atoms with Gasteiger partial charge in [0.2, 0.25) is 0 Å². The number of nitrogens with zero attached hydrogens (tertiary/aromatic N) is 2. The summed E-state index contributed by atoms with van der Waals surface area (Å²) in [6.07, 6.45) is 0. The first-order chi connectivity index (χ1) is 13.5. The van der Waals surface area contributed by atoms with Crippen LogP contribution in [0.2, 0.25) is 10.0 Å². The molecule has 1 aromatic heterocycles. The third-order valence-electron chi connectivity index (χ3n) is 4.16. The molecule has 4 aromatic rings. The molecular formula is C21H13BrCl2N2OS. The average Bonchev–Trinajstić information content (AvgIpc) is 3.09. The van der Waals surface area contributed by atoms with Crippen molar-refractivity contribution in [2.75, 3.05) is 4.90 Å². The fourth-order valence-corrected chi connectivity index (χ4v) is 4.81. The highest BCUT2D eigenvalue weighted by atomic mass is 79.9. The molecule has 1 heterocycles. The van der Waals surface area contributed by atoms with Crippen molar-refractivity contribution >= 4 is 71.7 Å². The minimum Gasteiger partial charge on any atom is -0.279 e. The number of rotatable bonds is 4. The molecule has 0 saturated heterocycles. The molecule has 0 aliphatic rings. The lowest BCUT2D eigenvalue weighted by Gasteiger charge is -2.20. The van der Waals surface area contributed by atoms with Gasteiger partial charge < -0.3 is 0 Å². The van der Waals surface area contributed by atoms with E-state index in [-0.39, 0.29) is 5.91 Å². The predicted octanol–water partition coefficient (Wildman–Crippen LogP) is 7.21. The fourth-order valence-electron chi connectivity index (χ4n) is 2.80. The molecule has 28 heavy (non-hydrogen) atoms. The van der Waals surface area contributed by atoms with E-state index in [1.807, 2.05) is 48.5 Å². The summed E-state index contributed by atoms with van der Waals surface area (Å²) in [4.78, 5) is 19.7. The Kier molecular flexibility index (Phi) is 5.69. The molecule has 1 amide bonds. The Morgan fingerprint density at radius 1 is 1.04 bits per heavy atom. The van der Waals surface area contributed by atoms with E-state index in [0.717, 1.165) is 20.3 Å². The highest BCUT2D eigenvalue weighted by Gasteiger charge is 2.23. The predicted molar refractivity (Wildman–Crippen MR) is 121 cm³/mol. The Morgan fingerprint density at radius 3 is 2.57 bits per heavy atom. The zero-order valence-corrected chi connectivity index (χ0v) is 18.3. The second-order valence-corrected chi connectivity index (χ2v) is 8.88. The molecule has 0 bridgehead atoms. The van der Waals surface area contributed by atoms with Crippen LogP contribution in [0.15, 0.2) is 71.2 Å². The minimum atomic E-state index is -0.219. The standard InChI is InChI=1S/C21H13BrCl2N2OS/c22-14-6-9-18-19(10-14)28-21(25-18)26(12-13-4-2-1-3-5-13)20(27)16-8-7-15(23)11-17(16)24/h1-11H,12H2. The van der Waals surface area contributed by atoms with Crippen LogP contribution >= 0.6 is 50.5 Å². The second kappa shape index (κ2) is 8.21. The summed E-state index contributed by atoms with van der Waals surface area (Å²) in [5.74, 6) is -0.219. The number of thiazole rings is 1. The maximum absolute atomic E-state index is 13.4. The highest BCUT2D eigenvalue weighted by Crippen LogP contribution is 2.33. The molecule has 0 spiro atoms. The second-order valence-electron chi connectivity index (χ2n) is 6.11. The number of aromatic nitrogens is 1. The summed E-state index contributed by atoms with van der Waals surface area (Å²) >= 11 is 17.2. The smallest absolute Gasteiger partial charge is 0.261 e. The fraction of sp³-hybridized carbons (Fsp3) is 0.0476. The van der Waals surface area contributed by atoms with Gasteiger partial charge in [-0.25, -0.2) is 4.98 Å². The zero-order valence-electron chi connectivity index (χ0n) is 14.4. The lowest BCUT2D eigenvalue weighted by Crippen LogP contribution is -2.30. The van der Waals surface area contributed by atoms with Crippen molar-refractivity contribution in [1.82, 2.24) is 4.98 Å². The van der Waals surface area contributed by atoms with Gasteiger partial charge in [0.15, 0.2) is 5.13 Å². The number of carbonyl (C=O) groups is 1. The summed E-state index contributed by atoms with van der Waals surface area (Å²) in [6, 6.07) is 20.5. The van der Waals surface area contributed by atoms with Crippen molar-refractivity contribution in [2.24, 2.45) is 0 Å². The van der Waals surface area contributed by atoms with Gasteiger partial charge >= 0.3 is 0 Å². The molecule has 4 rings (SSSR count). The van der Waals surface area contributed by atoms with E-state index >= 15 is 0 Å². The first-order valence-electron chi connectivity index (χ1n) is 8.38. The quantitative estimate of drug-likeness (QED) is 0.302. The van der Waals surface area contributed by atoms with Crippen LogP contribution in [0.5, 0.6) is 0 Å². The van der Waals surface area contributed by atoms with Crippen LogP contribution < -0.4 is 4.90 Å². The number of fused-ring (bicyclic) bond motifs is 1. The first-order valence-corrected chi connectivity index (χ1v) is 10.7. The van der Waals surface area contributed by atoms with Crippen LogP contribution in [0, 0.1) is 0 Å². The normalized spacial score (nSPS) is 11.0. The maximum atomic E-state index is 13.4. The molecule has 0 aliphatic carbocycles. The van der Waals surface area contributed by atoms with Crippen LogP contribution in [0.25, 0.3) is 10.2 Å². The van der Waals surface area contributed by atoms with Crippen LogP contribution in [0.1, 0.15) is 15.9 Å². The Labute approximate surface area is 184 Å². The van der Waals surface area contributed by atoms with E-state index in [2.05, 4.69) is 20.9 Å². The van der Waals surface area contributed by atoms with E-state index in [9.17, 15) is 4.79 Å². The van der Waals surface area contributed by atoms with Gasteiger partial charge in [0.05, 0.1) is 27.3 Å². The topological polar surface area (TPSA) is 33.2 Å². The monoisotopic (exact) mass is 490 g/mol. The third-order valence-corrected chi connectivity index (χ3v) is 6.24. The van der Waals surface area contributed by atoms with E-state index in [1.54, 1.807) is 23.1 Å². The van der Waals surface area contributed by atoms with E-state index in [4.69, 9.17) is 23.2 Å². The van der Waals surface area contributed by atoms with Crippen molar-refractivity contribution in [2.45, 2.75) is 6.54 Å². The summed E-state index contributed by atoms with van der Waals surface area (Å²) in [7, 11) is 0. The summed E-state index contributed by atoms with van der Waals surface area (Å²) in [5.41, 5.74) is 2.24. The lowest BCUT2D eigenvalue weighted by molar-refractivity contribution is 0.0985. The van der Waals surface area contributed by atoms with Gasteiger partial charge in [-0.15, -0.1) is 0 Å². The van der Waals surface area contributed by atoms with Crippen LogP contribution in [-0.2, 0) is 6.54 Å². The van der Waals surface area contributed by atoms with Gasteiger partial charge in [-0.1, -0.05) is 80.8 Å². The molecule has 140 valence electrons. The number of anilines is 1. The van der Waals surface area contributed by atoms with Gasteiger partial charge in [0, 0.05) is 9.50 Å². The number of halogens is 3. The van der Waals surface area contributed by atoms with Gasteiger partial charge in [-0.05, 0) is 42.0 Å². The van der Waals surface area contributed by atoms with Crippen molar-refractivity contribution in [1.29, 1.82) is 0 Å². The number of hydrogen-bond donors (Lipinski definition) is 0. The molecule has 0 fully saturated rings. The van der Waals surface area contributed by atoms with E-state index in [1.165, 1.54) is 11.3 Å². The Balaban J connectivity index is 1.79. The van der Waals surface area contributed by atoms with Crippen molar-refractivity contribution in [3.8, 4) is 0 Å². The largest absolute Gasteiger partial charge is 0.279 e. The molecular weight excluding hydrogens is 479 g/mol. The molecule has 3 nitrogen and oxygen atoms in total. The van der Waals surface area contributed by atoms with Crippen LogP contribution in [0.4, 0.5) is 5.13 Å². The maximum Gasteiger partial charge on any atom is 0.261 e.